The van der Waals surface area contributed by atoms with Gasteiger partial charge in [0.05, 0.1) is 6.04 Å². The SMILES string of the molecule is CC(C)N1CCCC(N2CCNCC2c2cccnc2)C1=O.Cl. The van der Waals surface area contributed by atoms with Crippen molar-refractivity contribution in [2.45, 2.75) is 44.8 Å². The molecule has 128 valence electrons. The lowest BCUT2D eigenvalue weighted by Crippen LogP contribution is -2.59. The molecular formula is C17H27ClN4O. The van der Waals surface area contributed by atoms with Gasteiger partial charge in [0, 0.05) is 50.7 Å². The zero-order valence-corrected chi connectivity index (χ0v) is 14.8. The van der Waals surface area contributed by atoms with E-state index < -0.39 is 0 Å². The van der Waals surface area contributed by atoms with Gasteiger partial charge in [-0.3, -0.25) is 14.7 Å². The molecule has 0 aliphatic carbocycles. The van der Waals surface area contributed by atoms with Crippen LogP contribution in [0.5, 0.6) is 0 Å². The second kappa shape index (κ2) is 8.08. The number of halogens is 1. The molecule has 0 aromatic carbocycles. The zero-order chi connectivity index (χ0) is 15.5. The van der Waals surface area contributed by atoms with Crippen molar-refractivity contribution in [1.82, 2.24) is 20.1 Å². The number of piperidine rings is 1. The number of pyridine rings is 1. The number of nitrogens with one attached hydrogen (secondary N) is 1. The smallest absolute Gasteiger partial charge is 0.240 e. The molecule has 5 nitrogen and oxygen atoms in total. The fraction of sp³-hybridized carbons (Fsp3) is 0.647. The highest BCUT2D eigenvalue weighted by atomic mass is 35.5. The van der Waals surface area contributed by atoms with Crippen molar-refractivity contribution < 1.29 is 4.79 Å². The molecule has 0 bridgehead atoms. The van der Waals surface area contributed by atoms with Crippen LogP contribution in [-0.4, -0.2) is 59.0 Å². The molecule has 0 radical (unpaired) electrons. The Balaban J connectivity index is 0.00000192. The molecule has 3 heterocycles. The second-order valence-electron chi connectivity index (χ2n) is 6.53. The molecule has 2 unspecified atom stereocenters. The molecule has 0 spiro atoms. The van der Waals surface area contributed by atoms with Crippen LogP contribution in [0.2, 0.25) is 0 Å². The van der Waals surface area contributed by atoms with Crippen LogP contribution >= 0.6 is 12.4 Å². The van der Waals surface area contributed by atoms with Crippen LogP contribution in [0.3, 0.4) is 0 Å². The lowest BCUT2D eigenvalue weighted by Gasteiger charge is -2.45. The van der Waals surface area contributed by atoms with E-state index in [1.807, 2.05) is 17.2 Å². The van der Waals surface area contributed by atoms with Crippen LogP contribution in [0.25, 0.3) is 0 Å². The summed E-state index contributed by atoms with van der Waals surface area (Å²) in [5.74, 6) is 0.303. The van der Waals surface area contributed by atoms with Crippen molar-refractivity contribution in [3.63, 3.8) is 0 Å². The summed E-state index contributed by atoms with van der Waals surface area (Å²) in [4.78, 5) is 21.6. The van der Waals surface area contributed by atoms with E-state index in [1.54, 1.807) is 6.20 Å². The third-order valence-corrected chi connectivity index (χ3v) is 4.82. The summed E-state index contributed by atoms with van der Waals surface area (Å²) in [6.45, 7) is 7.87. The molecule has 0 saturated carbocycles. The topological polar surface area (TPSA) is 48.5 Å². The van der Waals surface area contributed by atoms with Crippen molar-refractivity contribution in [1.29, 1.82) is 0 Å². The van der Waals surface area contributed by atoms with Crippen LogP contribution < -0.4 is 5.32 Å². The second-order valence-corrected chi connectivity index (χ2v) is 6.53. The molecule has 1 aromatic heterocycles. The summed E-state index contributed by atoms with van der Waals surface area (Å²) in [7, 11) is 0. The first-order valence-electron chi connectivity index (χ1n) is 8.35. The summed E-state index contributed by atoms with van der Waals surface area (Å²) >= 11 is 0. The lowest BCUT2D eigenvalue weighted by molar-refractivity contribution is -0.143. The predicted octanol–water partition coefficient (Wildman–Crippen LogP) is 1.85. The van der Waals surface area contributed by atoms with Gasteiger partial charge in [0.15, 0.2) is 0 Å². The van der Waals surface area contributed by atoms with Gasteiger partial charge in [0.1, 0.15) is 0 Å². The summed E-state index contributed by atoms with van der Waals surface area (Å²) in [5, 5.41) is 3.46. The minimum absolute atomic E-state index is 0. The number of likely N-dealkylation sites (tertiary alicyclic amines) is 1. The van der Waals surface area contributed by atoms with E-state index in [0.717, 1.165) is 39.0 Å². The third-order valence-electron chi connectivity index (χ3n) is 4.82. The first-order chi connectivity index (χ1) is 10.7. The Morgan fingerprint density at radius 3 is 2.83 bits per heavy atom. The van der Waals surface area contributed by atoms with Gasteiger partial charge in [-0.1, -0.05) is 6.07 Å². The Labute approximate surface area is 144 Å². The van der Waals surface area contributed by atoms with E-state index in [4.69, 9.17) is 0 Å². The van der Waals surface area contributed by atoms with E-state index in [1.165, 1.54) is 5.56 Å². The van der Waals surface area contributed by atoms with Crippen LogP contribution in [0.1, 0.15) is 38.3 Å². The molecule has 2 fully saturated rings. The average Bonchev–Trinajstić information content (AvgIpc) is 2.56. The fourth-order valence-electron chi connectivity index (χ4n) is 3.68. The van der Waals surface area contributed by atoms with Crippen LogP contribution in [0, 0.1) is 0 Å². The Hall–Kier alpha value is -1.17. The maximum atomic E-state index is 12.9. The summed E-state index contributed by atoms with van der Waals surface area (Å²) in [6.07, 6.45) is 5.80. The van der Waals surface area contributed by atoms with Gasteiger partial charge in [-0.15, -0.1) is 12.4 Å². The van der Waals surface area contributed by atoms with E-state index in [2.05, 4.69) is 35.1 Å². The summed E-state index contributed by atoms with van der Waals surface area (Å²) in [5.41, 5.74) is 1.20. The number of carbonyl (C=O) groups excluding carboxylic acids is 1. The highest BCUT2D eigenvalue weighted by Crippen LogP contribution is 2.29. The number of piperazine rings is 1. The molecule has 1 aromatic rings. The minimum Gasteiger partial charge on any atom is -0.339 e. The Morgan fingerprint density at radius 2 is 2.13 bits per heavy atom. The number of hydrogen-bond donors (Lipinski definition) is 1. The predicted molar refractivity (Wildman–Crippen MR) is 93.7 cm³/mol. The van der Waals surface area contributed by atoms with Gasteiger partial charge >= 0.3 is 0 Å². The molecule has 2 aliphatic rings. The largest absolute Gasteiger partial charge is 0.339 e. The lowest BCUT2D eigenvalue weighted by atomic mass is 9.96. The Morgan fingerprint density at radius 1 is 1.30 bits per heavy atom. The van der Waals surface area contributed by atoms with Crippen molar-refractivity contribution in [2.24, 2.45) is 0 Å². The highest BCUT2D eigenvalue weighted by molar-refractivity contribution is 5.85. The van der Waals surface area contributed by atoms with Crippen LogP contribution in [-0.2, 0) is 4.79 Å². The van der Waals surface area contributed by atoms with Gasteiger partial charge in [0.25, 0.3) is 0 Å². The quantitative estimate of drug-likeness (QED) is 0.913. The van der Waals surface area contributed by atoms with Crippen molar-refractivity contribution in [3.8, 4) is 0 Å². The Kier molecular flexibility index (Phi) is 6.39. The van der Waals surface area contributed by atoms with Gasteiger partial charge in [-0.25, -0.2) is 0 Å². The molecule has 3 rings (SSSR count). The summed E-state index contributed by atoms with van der Waals surface area (Å²) in [6, 6.07) is 4.64. The monoisotopic (exact) mass is 338 g/mol. The summed E-state index contributed by atoms with van der Waals surface area (Å²) < 4.78 is 0. The van der Waals surface area contributed by atoms with Crippen LogP contribution in [0.15, 0.2) is 24.5 Å². The molecule has 1 N–H and O–H groups in total. The zero-order valence-electron chi connectivity index (χ0n) is 13.9. The molecule has 23 heavy (non-hydrogen) atoms. The van der Waals surface area contributed by atoms with Crippen molar-refractivity contribution in [3.05, 3.63) is 30.1 Å². The van der Waals surface area contributed by atoms with Crippen molar-refractivity contribution in [2.75, 3.05) is 26.2 Å². The van der Waals surface area contributed by atoms with Crippen LogP contribution in [0.4, 0.5) is 0 Å². The Bertz CT molecular complexity index is 511. The fourth-order valence-corrected chi connectivity index (χ4v) is 3.68. The van der Waals surface area contributed by atoms with Crippen molar-refractivity contribution >= 4 is 18.3 Å². The minimum atomic E-state index is 0. The maximum absolute atomic E-state index is 12.9. The number of amides is 1. The van der Waals surface area contributed by atoms with Gasteiger partial charge in [-0.2, -0.15) is 0 Å². The number of carbonyl (C=O) groups is 1. The molecule has 2 saturated heterocycles. The first-order valence-corrected chi connectivity index (χ1v) is 8.35. The third kappa shape index (κ3) is 3.84. The number of rotatable bonds is 3. The molecule has 2 aliphatic heterocycles. The molecule has 2 atom stereocenters. The molecular weight excluding hydrogens is 312 g/mol. The van der Waals surface area contributed by atoms with Gasteiger partial charge in [-0.05, 0) is 38.3 Å². The van der Waals surface area contributed by atoms with E-state index in [9.17, 15) is 4.79 Å². The van der Waals surface area contributed by atoms with E-state index in [-0.39, 0.29) is 30.5 Å². The highest BCUT2D eigenvalue weighted by Gasteiger charge is 2.38. The number of hydrogen-bond acceptors (Lipinski definition) is 4. The normalized spacial score (nSPS) is 26.2. The van der Waals surface area contributed by atoms with E-state index >= 15 is 0 Å². The molecule has 1 amide bonds. The maximum Gasteiger partial charge on any atom is 0.240 e. The number of aromatic nitrogens is 1. The average molecular weight is 339 g/mol. The standard InChI is InChI=1S/C17H26N4O.ClH/c1-13(2)20-9-4-6-15(17(20)22)21-10-8-19-12-16(21)14-5-3-7-18-11-14;/h3,5,7,11,13,15-16,19H,4,6,8-10,12H2,1-2H3;1H. The van der Waals surface area contributed by atoms with Gasteiger partial charge < -0.3 is 10.2 Å². The first kappa shape index (κ1) is 18.2. The van der Waals surface area contributed by atoms with Gasteiger partial charge in [0.2, 0.25) is 5.91 Å². The molecule has 6 heteroatoms. The number of nitrogens with zero attached hydrogens (tertiary/aromatic N) is 3. The van der Waals surface area contributed by atoms with E-state index in [0.29, 0.717) is 5.91 Å².